The third-order valence-corrected chi connectivity index (χ3v) is 6.01. The second kappa shape index (κ2) is 23.8. The van der Waals surface area contributed by atoms with Crippen molar-refractivity contribution in [3.05, 3.63) is 103 Å². The molecule has 3 aromatic rings. The van der Waals surface area contributed by atoms with E-state index in [1.165, 1.54) is 72.8 Å². The van der Waals surface area contributed by atoms with Gasteiger partial charge in [0.1, 0.15) is 17.2 Å². The smallest absolute Gasteiger partial charge is 0.311 e. The summed E-state index contributed by atoms with van der Waals surface area (Å²) in [4.78, 5) is 73.2. The summed E-state index contributed by atoms with van der Waals surface area (Å²) in [5, 5.41) is 39.1. The average Bonchev–Trinajstić information content (AvgIpc) is 3.02. The summed E-state index contributed by atoms with van der Waals surface area (Å²) in [7, 11) is 0. The highest BCUT2D eigenvalue weighted by Crippen LogP contribution is 2.20. The van der Waals surface area contributed by atoms with Crippen LogP contribution in [0.15, 0.2) is 72.8 Å². The first-order valence-corrected chi connectivity index (χ1v) is 14.6. The van der Waals surface area contributed by atoms with Crippen LogP contribution in [-0.4, -0.2) is 42.3 Å². The first-order valence-electron chi connectivity index (χ1n) is 13.9. The molecule has 0 spiro atoms. The quantitative estimate of drug-likeness (QED) is 0.0397. The maximum Gasteiger partial charge on any atom is 0.311 e. The standard InChI is InChI=1S/C18H16N2O8.C6H8Cl2O2.C6H5NO3.CH4/c21-17(27-15-9-5-13(6-10-15)19(23)24)3-1-2-4-18(22)28-16-11-7-14(8-12-16)20(25)26;7-5(9)3-1-2-4-6(8)10;8-6-3-1-5(2-4-6)7(9)10;/h5-12H,1-4H2;1-4H2;1-4,8H;1H4. The molecule has 16 nitrogen and oxygen atoms in total. The van der Waals surface area contributed by atoms with Gasteiger partial charge < -0.3 is 14.6 Å². The molecule has 3 aromatic carbocycles. The molecule has 0 heterocycles. The van der Waals surface area contributed by atoms with Crippen molar-refractivity contribution in [1.29, 1.82) is 0 Å². The molecule has 18 heteroatoms. The van der Waals surface area contributed by atoms with E-state index >= 15 is 0 Å². The minimum absolute atomic E-state index is 0. The molecule has 0 saturated carbocycles. The van der Waals surface area contributed by atoms with Gasteiger partial charge in [-0.15, -0.1) is 0 Å². The number of hydrogen-bond donors (Lipinski definition) is 1. The number of benzene rings is 3. The molecule has 49 heavy (non-hydrogen) atoms. The minimum Gasteiger partial charge on any atom is -0.508 e. The van der Waals surface area contributed by atoms with Crippen LogP contribution >= 0.6 is 23.2 Å². The van der Waals surface area contributed by atoms with Crippen LogP contribution in [0.4, 0.5) is 17.1 Å². The first-order chi connectivity index (χ1) is 22.7. The molecule has 1 N–H and O–H groups in total. The van der Waals surface area contributed by atoms with Crippen LogP contribution in [0.5, 0.6) is 17.2 Å². The summed E-state index contributed by atoms with van der Waals surface area (Å²) in [6.07, 6.45) is 2.85. The predicted octanol–water partition coefficient (Wildman–Crippen LogP) is 7.59. The van der Waals surface area contributed by atoms with E-state index in [0.29, 0.717) is 38.5 Å². The molecule has 0 radical (unpaired) electrons. The van der Waals surface area contributed by atoms with Gasteiger partial charge in [0.15, 0.2) is 0 Å². The molecular weight excluding hydrogens is 693 g/mol. The number of nitrogens with zero attached hydrogens (tertiary/aromatic N) is 3. The predicted molar refractivity (Wildman–Crippen MR) is 178 cm³/mol. The highest BCUT2D eigenvalue weighted by molar-refractivity contribution is 6.63. The summed E-state index contributed by atoms with van der Waals surface area (Å²) in [5.74, 6) is -0.595. The number of esters is 2. The van der Waals surface area contributed by atoms with Gasteiger partial charge in [0.05, 0.1) is 14.8 Å². The number of carbonyl (C=O) groups is 4. The molecule has 0 saturated heterocycles. The van der Waals surface area contributed by atoms with Gasteiger partial charge in [0, 0.05) is 62.1 Å². The number of aromatic hydroxyl groups is 1. The number of rotatable bonds is 15. The Hall–Kier alpha value is -5.48. The van der Waals surface area contributed by atoms with Crippen molar-refractivity contribution in [2.24, 2.45) is 0 Å². The van der Waals surface area contributed by atoms with Gasteiger partial charge in [0.25, 0.3) is 17.1 Å². The lowest BCUT2D eigenvalue weighted by Crippen LogP contribution is -2.10. The maximum atomic E-state index is 11.7. The van der Waals surface area contributed by atoms with E-state index in [1.807, 2.05) is 0 Å². The van der Waals surface area contributed by atoms with Crippen LogP contribution in [0.2, 0.25) is 0 Å². The summed E-state index contributed by atoms with van der Waals surface area (Å²) in [6, 6.07) is 15.3. The first kappa shape index (κ1) is 43.5. The Balaban J connectivity index is 0.000000897. The fraction of sp³-hybridized carbons (Fsp3) is 0.290. The molecule has 264 valence electrons. The lowest BCUT2D eigenvalue weighted by Gasteiger charge is -2.05. The van der Waals surface area contributed by atoms with Crippen molar-refractivity contribution in [1.82, 2.24) is 0 Å². The number of non-ortho nitro benzene ring substituents is 3. The normalized spacial score (nSPS) is 9.59. The molecule has 0 aliphatic carbocycles. The number of halogens is 2. The number of nitro benzene ring substituents is 3. The van der Waals surface area contributed by atoms with E-state index in [2.05, 4.69) is 0 Å². The van der Waals surface area contributed by atoms with E-state index in [-0.39, 0.29) is 65.1 Å². The van der Waals surface area contributed by atoms with Crippen molar-refractivity contribution in [2.75, 3.05) is 0 Å². The molecule has 0 bridgehead atoms. The number of unbranched alkanes of at least 4 members (excludes halogenated alkanes) is 2. The molecular formula is C31H33Cl2N3O13. The third-order valence-electron chi connectivity index (χ3n) is 5.63. The Morgan fingerprint density at radius 1 is 0.531 bits per heavy atom. The Kier molecular flexibility index (Phi) is 21.1. The van der Waals surface area contributed by atoms with Crippen LogP contribution < -0.4 is 9.47 Å². The third kappa shape index (κ3) is 20.4. The minimum atomic E-state index is -0.554. The number of phenols is 1. The molecule has 0 unspecified atom stereocenters. The lowest BCUT2D eigenvalue weighted by atomic mass is 10.2. The number of ether oxygens (including phenoxy) is 2. The highest BCUT2D eigenvalue weighted by atomic mass is 35.5. The average molecular weight is 727 g/mol. The zero-order chi connectivity index (χ0) is 36.1. The van der Waals surface area contributed by atoms with E-state index in [4.69, 9.17) is 37.8 Å². The maximum absolute atomic E-state index is 11.7. The lowest BCUT2D eigenvalue weighted by molar-refractivity contribution is -0.385. The summed E-state index contributed by atoms with van der Waals surface area (Å²) in [5.41, 5.74) is -0.226. The van der Waals surface area contributed by atoms with E-state index in [0.717, 1.165) is 0 Å². The number of nitro groups is 3. The van der Waals surface area contributed by atoms with Crippen LogP contribution in [0, 0.1) is 30.3 Å². The molecule has 0 amide bonds. The SMILES string of the molecule is C.O=C(CCCCC(=O)Oc1ccc([N+](=O)[O-])cc1)Oc1ccc([N+](=O)[O-])cc1.O=C(Cl)CCCCC(=O)Cl.O=[N+]([O-])c1ccc(O)cc1. The second-order valence-corrected chi connectivity index (χ2v) is 10.2. The largest absolute Gasteiger partial charge is 0.508 e. The Bertz CT molecular complexity index is 1460. The molecule has 0 aromatic heterocycles. The molecule has 0 aliphatic rings. The number of phenolic OH excluding ortho intramolecular Hbond substituents is 1. The molecule has 3 rings (SSSR count). The number of hydrogen-bond acceptors (Lipinski definition) is 13. The van der Waals surface area contributed by atoms with Gasteiger partial charge in [-0.05, 0) is 85.3 Å². The van der Waals surface area contributed by atoms with E-state index in [9.17, 15) is 49.5 Å². The van der Waals surface area contributed by atoms with Crippen LogP contribution in [0.3, 0.4) is 0 Å². The zero-order valence-corrected chi connectivity index (χ0v) is 26.5. The highest BCUT2D eigenvalue weighted by Gasteiger charge is 2.11. The summed E-state index contributed by atoms with van der Waals surface area (Å²) >= 11 is 10.1. The fourth-order valence-electron chi connectivity index (χ4n) is 3.28. The van der Waals surface area contributed by atoms with E-state index in [1.54, 1.807) is 0 Å². The summed E-state index contributed by atoms with van der Waals surface area (Å²) in [6.45, 7) is 0. The molecule has 0 aliphatic heterocycles. The van der Waals surface area contributed by atoms with Gasteiger partial charge in [-0.3, -0.25) is 49.5 Å². The van der Waals surface area contributed by atoms with Crippen LogP contribution in [0.1, 0.15) is 58.8 Å². The van der Waals surface area contributed by atoms with Crippen molar-refractivity contribution in [2.45, 2.75) is 58.8 Å². The van der Waals surface area contributed by atoms with E-state index < -0.39 is 26.7 Å². The van der Waals surface area contributed by atoms with Crippen molar-refractivity contribution >= 4 is 62.7 Å². The Morgan fingerprint density at radius 2 is 0.796 bits per heavy atom. The summed E-state index contributed by atoms with van der Waals surface area (Å²) < 4.78 is 10.1. The second-order valence-electron chi connectivity index (χ2n) is 9.35. The Morgan fingerprint density at radius 3 is 1.06 bits per heavy atom. The zero-order valence-electron chi connectivity index (χ0n) is 25.0. The number of carbonyl (C=O) groups excluding carboxylic acids is 4. The van der Waals surface area contributed by atoms with Gasteiger partial charge in [-0.1, -0.05) is 7.43 Å². The van der Waals surface area contributed by atoms with Gasteiger partial charge in [-0.2, -0.15) is 0 Å². The molecule has 0 fully saturated rings. The van der Waals surface area contributed by atoms with Crippen molar-refractivity contribution < 1.29 is 48.5 Å². The fourth-order valence-corrected chi connectivity index (χ4v) is 3.54. The monoisotopic (exact) mass is 725 g/mol. The van der Waals surface area contributed by atoms with Crippen LogP contribution in [-0.2, 0) is 19.2 Å². The van der Waals surface area contributed by atoms with Gasteiger partial charge in [-0.25, -0.2) is 0 Å². The van der Waals surface area contributed by atoms with Gasteiger partial charge in [0.2, 0.25) is 10.5 Å². The van der Waals surface area contributed by atoms with Gasteiger partial charge >= 0.3 is 11.9 Å². The van der Waals surface area contributed by atoms with Crippen molar-refractivity contribution in [3.63, 3.8) is 0 Å². The Labute approximate surface area is 290 Å². The van der Waals surface area contributed by atoms with Crippen molar-refractivity contribution in [3.8, 4) is 17.2 Å². The van der Waals surface area contributed by atoms with Crippen LogP contribution in [0.25, 0.3) is 0 Å². The topological polar surface area (TPSA) is 236 Å². The molecule has 0 atom stereocenters.